The van der Waals surface area contributed by atoms with Crippen LogP contribution in [0.25, 0.3) is 16.7 Å². The lowest BCUT2D eigenvalue weighted by molar-refractivity contribution is 0.399. The highest BCUT2D eigenvalue weighted by molar-refractivity contribution is 5.75. The van der Waals surface area contributed by atoms with Gasteiger partial charge in [-0.05, 0) is 30.2 Å². The van der Waals surface area contributed by atoms with Crippen LogP contribution < -0.4 is 10.3 Å². The third kappa shape index (κ3) is 2.34. The topological polar surface area (TPSA) is 48.5 Å². The lowest BCUT2D eigenvalue weighted by atomic mass is 10.1. The zero-order valence-corrected chi connectivity index (χ0v) is 13.3. The van der Waals surface area contributed by atoms with Crippen molar-refractivity contribution in [1.82, 2.24) is 14.0 Å². The van der Waals surface area contributed by atoms with Gasteiger partial charge in [0.15, 0.2) is 5.65 Å². The van der Waals surface area contributed by atoms with E-state index >= 15 is 0 Å². The largest absolute Gasteiger partial charge is 0.481 e. The van der Waals surface area contributed by atoms with Crippen molar-refractivity contribution in [2.75, 3.05) is 7.11 Å². The Morgan fingerprint density at radius 2 is 1.83 bits per heavy atom. The lowest BCUT2D eigenvalue weighted by Gasteiger charge is -2.13. The normalized spacial score (nSPS) is 11.2. The second-order valence-corrected chi connectivity index (χ2v) is 5.65. The fourth-order valence-electron chi connectivity index (χ4n) is 3.02. The van der Waals surface area contributed by atoms with Crippen LogP contribution in [0.5, 0.6) is 5.88 Å². The van der Waals surface area contributed by atoms with Crippen molar-refractivity contribution in [3.63, 3.8) is 0 Å². The number of rotatable bonds is 4. The van der Waals surface area contributed by atoms with Crippen molar-refractivity contribution in [3.8, 4) is 5.88 Å². The number of hydrogen-bond acceptors (Lipinski definition) is 3. The molecule has 0 aliphatic carbocycles. The Labute approximate surface area is 138 Å². The number of aromatic nitrogens is 3. The van der Waals surface area contributed by atoms with Crippen LogP contribution >= 0.6 is 0 Å². The van der Waals surface area contributed by atoms with Gasteiger partial charge in [0.1, 0.15) is 5.52 Å². The molecule has 5 heteroatoms. The number of fused-ring (bicyclic) bond motifs is 3. The van der Waals surface area contributed by atoms with Crippen LogP contribution in [0, 0.1) is 0 Å². The maximum Gasteiger partial charge on any atom is 0.275 e. The van der Waals surface area contributed by atoms with E-state index in [-0.39, 0.29) is 5.56 Å². The number of nitrogens with zero attached hydrogens (tertiary/aromatic N) is 3. The second kappa shape index (κ2) is 5.85. The molecule has 0 aliphatic rings. The Hall–Kier alpha value is -3.08. The summed E-state index contributed by atoms with van der Waals surface area (Å²) in [6, 6.07) is 17.5. The van der Waals surface area contributed by atoms with Crippen molar-refractivity contribution in [2.45, 2.75) is 13.0 Å². The van der Waals surface area contributed by atoms with Gasteiger partial charge in [0, 0.05) is 18.8 Å². The van der Waals surface area contributed by atoms with Gasteiger partial charge in [0.2, 0.25) is 5.88 Å². The Bertz CT molecular complexity index is 1060. The summed E-state index contributed by atoms with van der Waals surface area (Å²) in [7, 11) is 1.59. The summed E-state index contributed by atoms with van der Waals surface area (Å²) < 4.78 is 8.85. The molecule has 1 aromatic carbocycles. The number of benzene rings is 1. The van der Waals surface area contributed by atoms with Gasteiger partial charge in [-0.2, -0.15) is 4.98 Å². The second-order valence-electron chi connectivity index (χ2n) is 5.65. The maximum atomic E-state index is 12.9. The van der Waals surface area contributed by atoms with Gasteiger partial charge in [-0.25, -0.2) is 0 Å². The van der Waals surface area contributed by atoms with Crippen molar-refractivity contribution in [1.29, 1.82) is 0 Å². The van der Waals surface area contributed by atoms with E-state index < -0.39 is 0 Å². The zero-order chi connectivity index (χ0) is 16.5. The maximum absolute atomic E-state index is 12.9. The summed E-state index contributed by atoms with van der Waals surface area (Å²) in [6.45, 7) is 0.606. The molecule has 0 bridgehead atoms. The summed E-state index contributed by atoms with van der Waals surface area (Å²) in [5, 5.41) is 0. The lowest BCUT2D eigenvalue weighted by Crippen LogP contribution is -2.24. The zero-order valence-electron chi connectivity index (χ0n) is 13.3. The van der Waals surface area contributed by atoms with Crippen LogP contribution in [0.2, 0.25) is 0 Å². The first-order chi connectivity index (χ1) is 11.8. The van der Waals surface area contributed by atoms with E-state index in [1.807, 2.05) is 47.0 Å². The molecule has 0 saturated carbocycles. The molecule has 0 aliphatic heterocycles. The SMILES string of the molecule is COc1ccc2c(n1)n1cccc1c(=O)n2CCc1ccccc1. The van der Waals surface area contributed by atoms with Gasteiger partial charge in [-0.3, -0.25) is 9.20 Å². The molecule has 0 spiro atoms. The predicted octanol–water partition coefficient (Wildman–Crippen LogP) is 2.90. The molecule has 0 atom stereocenters. The van der Waals surface area contributed by atoms with E-state index in [4.69, 9.17) is 4.74 Å². The molecule has 0 unspecified atom stereocenters. The number of ether oxygens (including phenoxy) is 1. The molecular weight excluding hydrogens is 302 g/mol. The van der Waals surface area contributed by atoms with Crippen molar-refractivity contribution < 1.29 is 4.74 Å². The quantitative estimate of drug-likeness (QED) is 0.581. The van der Waals surface area contributed by atoms with E-state index in [2.05, 4.69) is 17.1 Å². The predicted molar refractivity (Wildman–Crippen MR) is 93.7 cm³/mol. The first-order valence-corrected chi connectivity index (χ1v) is 7.86. The molecule has 3 heterocycles. The highest BCUT2D eigenvalue weighted by atomic mass is 16.5. The van der Waals surface area contributed by atoms with Crippen molar-refractivity contribution in [2.24, 2.45) is 0 Å². The third-order valence-corrected chi connectivity index (χ3v) is 4.24. The average molecular weight is 319 g/mol. The minimum absolute atomic E-state index is 0.00426. The molecule has 120 valence electrons. The summed E-state index contributed by atoms with van der Waals surface area (Å²) >= 11 is 0. The number of pyridine rings is 1. The van der Waals surface area contributed by atoms with Crippen molar-refractivity contribution in [3.05, 3.63) is 76.7 Å². The van der Waals surface area contributed by atoms with Crippen LogP contribution in [0.15, 0.2) is 65.6 Å². The number of methoxy groups -OCH3 is 1. The molecule has 0 amide bonds. The van der Waals surface area contributed by atoms with Gasteiger partial charge >= 0.3 is 0 Å². The molecule has 4 rings (SSSR count). The molecule has 4 aromatic rings. The standard InChI is InChI=1S/C19H17N3O2/c1-24-17-10-9-15-18(20-17)21-12-5-8-16(21)19(23)22(15)13-11-14-6-3-2-4-7-14/h2-10,12H,11,13H2,1H3. The first-order valence-electron chi connectivity index (χ1n) is 7.86. The minimum atomic E-state index is -0.00426. The van der Waals surface area contributed by atoms with E-state index in [0.717, 1.165) is 17.6 Å². The van der Waals surface area contributed by atoms with E-state index in [9.17, 15) is 4.79 Å². The smallest absolute Gasteiger partial charge is 0.275 e. The van der Waals surface area contributed by atoms with E-state index in [0.29, 0.717) is 17.9 Å². The minimum Gasteiger partial charge on any atom is -0.481 e. The molecule has 3 aromatic heterocycles. The van der Waals surface area contributed by atoms with Crippen LogP contribution in [-0.2, 0) is 13.0 Å². The van der Waals surface area contributed by atoms with Gasteiger partial charge in [0.25, 0.3) is 5.56 Å². The number of hydrogen-bond donors (Lipinski definition) is 0. The fourth-order valence-corrected chi connectivity index (χ4v) is 3.02. The first kappa shape index (κ1) is 14.5. The third-order valence-electron chi connectivity index (χ3n) is 4.24. The fraction of sp³-hybridized carbons (Fsp3) is 0.158. The molecule has 24 heavy (non-hydrogen) atoms. The van der Waals surface area contributed by atoms with Crippen LogP contribution in [0.3, 0.4) is 0 Å². The molecule has 0 radical (unpaired) electrons. The van der Waals surface area contributed by atoms with Crippen LogP contribution in [0.1, 0.15) is 5.56 Å². The Morgan fingerprint density at radius 1 is 1.00 bits per heavy atom. The summed E-state index contributed by atoms with van der Waals surface area (Å²) in [6.07, 6.45) is 2.64. The van der Waals surface area contributed by atoms with Gasteiger partial charge < -0.3 is 9.30 Å². The van der Waals surface area contributed by atoms with E-state index in [1.54, 1.807) is 17.7 Å². The highest BCUT2D eigenvalue weighted by Gasteiger charge is 2.12. The number of aryl methyl sites for hydroxylation is 2. The van der Waals surface area contributed by atoms with Crippen LogP contribution in [0.4, 0.5) is 0 Å². The highest BCUT2D eigenvalue weighted by Crippen LogP contribution is 2.18. The summed E-state index contributed by atoms with van der Waals surface area (Å²) in [5.41, 5.74) is 3.35. The van der Waals surface area contributed by atoms with Gasteiger partial charge in [0.05, 0.1) is 12.6 Å². The average Bonchev–Trinajstić information content (AvgIpc) is 3.12. The molecule has 0 saturated heterocycles. The molecule has 5 nitrogen and oxygen atoms in total. The Kier molecular flexibility index (Phi) is 3.54. The van der Waals surface area contributed by atoms with E-state index in [1.165, 1.54) is 5.56 Å². The monoisotopic (exact) mass is 319 g/mol. The molecular formula is C19H17N3O2. The molecule has 0 fully saturated rings. The molecule has 0 N–H and O–H groups in total. The Morgan fingerprint density at radius 3 is 2.62 bits per heavy atom. The van der Waals surface area contributed by atoms with Gasteiger partial charge in [-0.1, -0.05) is 30.3 Å². The van der Waals surface area contributed by atoms with Crippen molar-refractivity contribution >= 4 is 16.7 Å². The van der Waals surface area contributed by atoms with Crippen LogP contribution in [-0.4, -0.2) is 21.1 Å². The van der Waals surface area contributed by atoms with Gasteiger partial charge in [-0.15, -0.1) is 0 Å². The summed E-state index contributed by atoms with van der Waals surface area (Å²) in [5.74, 6) is 0.533. The Balaban J connectivity index is 1.89. The summed E-state index contributed by atoms with van der Waals surface area (Å²) in [4.78, 5) is 17.4.